The van der Waals surface area contributed by atoms with Crippen molar-refractivity contribution in [2.75, 3.05) is 37.1 Å². The zero-order chi connectivity index (χ0) is 29.0. The summed E-state index contributed by atoms with van der Waals surface area (Å²) in [5.41, 5.74) is 2.66. The molecule has 9 nitrogen and oxygen atoms in total. The predicted octanol–water partition coefficient (Wildman–Crippen LogP) is 4.80. The molecule has 0 bridgehead atoms. The Bertz CT molecular complexity index is 1440. The quantitative estimate of drug-likeness (QED) is 0.212. The van der Waals surface area contributed by atoms with Crippen LogP contribution in [0.3, 0.4) is 0 Å². The van der Waals surface area contributed by atoms with Gasteiger partial charge in [0.1, 0.15) is 17.3 Å². The Labute approximate surface area is 232 Å². The summed E-state index contributed by atoms with van der Waals surface area (Å²) in [6.45, 7) is 4.40. The van der Waals surface area contributed by atoms with Gasteiger partial charge in [-0.15, -0.1) is 0 Å². The molecule has 3 aromatic rings. The number of benzene rings is 3. The number of aliphatic hydroxyl groups excluding tert-OH is 1. The molecule has 1 atom stereocenters. The number of nitrogens with zero attached hydrogens (tertiary/aromatic N) is 2. The summed E-state index contributed by atoms with van der Waals surface area (Å²) in [6, 6.07) is 17.7. The highest BCUT2D eigenvalue weighted by atomic mass is 16.5. The van der Waals surface area contributed by atoms with Gasteiger partial charge in [-0.05, 0) is 61.4 Å². The largest absolute Gasteiger partial charge is 0.507 e. The summed E-state index contributed by atoms with van der Waals surface area (Å²) in [6.07, 6.45) is -0.174. The molecule has 3 aromatic carbocycles. The van der Waals surface area contributed by atoms with Crippen LogP contribution in [0.25, 0.3) is 5.76 Å². The lowest BCUT2D eigenvalue weighted by Crippen LogP contribution is -2.29. The van der Waals surface area contributed by atoms with E-state index in [1.54, 1.807) is 49.4 Å². The monoisotopic (exact) mass is 544 g/mol. The van der Waals surface area contributed by atoms with Crippen LogP contribution in [0.15, 0.2) is 72.3 Å². The molecule has 40 heavy (non-hydrogen) atoms. The average Bonchev–Trinajstić information content (AvgIpc) is 3.19. The highest BCUT2D eigenvalue weighted by molar-refractivity contribution is 6.51. The van der Waals surface area contributed by atoms with Crippen LogP contribution in [-0.2, 0) is 20.8 Å². The molecular formula is C31H32N2O7. The molecule has 0 spiro atoms. The Balaban J connectivity index is 1.90. The predicted molar refractivity (Wildman–Crippen MR) is 152 cm³/mol. The second-order valence-electron chi connectivity index (χ2n) is 9.42. The Morgan fingerprint density at radius 2 is 1.55 bits per heavy atom. The third kappa shape index (κ3) is 5.63. The smallest absolute Gasteiger partial charge is 0.307 e. The number of ether oxygens (including phenoxy) is 2. The molecular weight excluding hydrogens is 512 g/mol. The molecule has 1 unspecified atom stereocenters. The molecule has 1 amide bonds. The average molecular weight is 545 g/mol. The molecule has 1 aliphatic rings. The van der Waals surface area contributed by atoms with Gasteiger partial charge < -0.3 is 24.6 Å². The minimum atomic E-state index is -0.977. The van der Waals surface area contributed by atoms with Gasteiger partial charge >= 0.3 is 5.97 Å². The van der Waals surface area contributed by atoms with Crippen molar-refractivity contribution >= 4 is 34.8 Å². The number of hydrogen-bond acceptors (Lipinski definition) is 7. The zero-order valence-electron chi connectivity index (χ0n) is 22.9. The number of amides is 1. The van der Waals surface area contributed by atoms with E-state index in [2.05, 4.69) is 0 Å². The molecule has 0 saturated carbocycles. The molecule has 1 aliphatic heterocycles. The molecule has 0 aliphatic carbocycles. The number of carboxylic acids is 1. The van der Waals surface area contributed by atoms with Gasteiger partial charge in [-0.1, -0.05) is 24.3 Å². The normalized spacial score (nSPS) is 16.2. The number of ketones is 1. The van der Waals surface area contributed by atoms with Gasteiger partial charge in [-0.25, -0.2) is 0 Å². The first-order valence-electron chi connectivity index (χ1n) is 12.9. The number of rotatable bonds is 10. The van der Waals surface area contributed by atoms with Crippen molar-refractivity contribution in [3.8, 4) is 11.5 Å². The van der Waals surface area contributed by atoms with Crippen molar-refractivity contribution in [3.05, 3.63) is 89.0 Å². The number of anilines is 2. The van der Waals surface area contributed by atoms with Gasteiger partial charge in [0.05, 0.1) is 36.8 Å². The van der Waals surface area contributed by atoms with Crippen LogP contribution in [0.4, 0.5) is 11.4 Å². The molecule has 0 radical (unpaired) electrons. The molecule has 1 saturated heterocycles. The van der Waals surface area contributed by atoms with E-state index in [-0.39, 0.29) is 23.3 Å². The summed E-state index contributed by atoms with van der Waals surface area (Å²) in [7, 11) is 3.81. The maximum atomic E-state index is 13.6. The highest BCUT2D eigenvalue weighted by Gasteiger charge is 2.47. The summed E-state index contributed by atoms with van der Waals surface area (Å²) >= 11 is 0. The first-order valence-corrected chi connectivity index (χ1v) is 12.9. The Kier molecular flexibility index (Phi) is 8.43. The molecule has 2 N–H and O–H groups in total. The molecule has 9 heteroatoms. The number of aliphatic hydroxyl groups is 1. The maximum Gasteiger partial charge on any atom is 0.307 e. The fraction of sp³-hybridized carbons (Fsp3) is 0.258. The first-order chi connectivity index (χ1) is 19.2. The lowest BCUT2D eigenvalue weighted by Gasteiger charge is -2.26. The van der Waals surface area contributed by atoms with Gasteiger partial charge in [0, 0.05) is 31.5 Å². The fourth-order valence-corrected chi connectivity index (χ4v) is 4.69. The van der Waals surface area contributed by atoms with Crippen LogP contribution in [0.5, 0.6) is 11.5 Å². The summed E-state index contributed by atoms with van der Waals surface area (Å²) in [4.78, 5) is 41.4. The molecule has 0 aromatic heterocycles. The van der Waals surface area contributed by atoms with Crippen molar-refractivity contribution in [2.45, 2.75) is 26.3 Å². The maximum absolute atomic E-state index is 13.6. The number of hydrogen-bond donors (Lipinski definition) is 2. The van der Waals surface area contributed by atoms with Crippen molar-refractivity contribution < 1.29 is 34.1 Å². The van der Waals surface area contributed by atoms with Crippen LogP contribution in [0.1, 0.15) is 36.6 Å². The van der Waals surface area contributed by atoms with Crippen LogP contribution < -0.4 is 19.3 Å². The van der Waals surface area contributed by atoms with Gasteiger partial charge in [-0.3, -0.25) is 19.3 Å². The van der Waals surface area contributed by atoms with Crippen molar-refractivity contribution in [1.82, 2.24) is 0 Å². The Morgan fingerprint density at radius 3 is 2.12 bits per heavy atom. The third-order valence-electron chi connectivity index (χ3n) is 6.56. The van der Waals surface area contributed by atoms with E-state index in [4.69, 9.17) is 14.6 Å². The number of carbonyl (C=O) groups excluding carboxylic acids is 2. The van der Waals surface area contributed by atoms with E-state index < -0.39 is 23.7 Å². The van der Waals surface area contributed by atoms with Crippen LogP contribution in [-0.4, -0.2) is 55.2 Å². The summed E-state index contributed by atoms with van der Waals surface area (Å²) in [5, 5.41) is 20.7. The van der Waals surface area contributed by atoms with E-state index in [0.717, 1.165) is 5.69 Å². The van der Waals surface area contributed by atoms with Gasteiger partial charge in [0.2, 0.25) is 0 Å². The van der Waals surface area contributed by atoms with Crippen molar-refractivity contribution in [1.29, 1.82) is 0 Å². The number of carbonyl (C=O) groups is 3. The van der Waals surface area contributed by atoms with Crippen molar-refractivity contribution in [3.63, 3.8) is 0 Å². The number of aliphatic carboxylic acids is 1. The number of Topliss-reactive ketones (excluding diaryl/α,β-unsaturated/α-hetero) is 1. The van der Waals surface area contributed by atoms with E-state index in [9.17, 15) is 19.5 Å². The Hall–Kier alpha value is -4.79. The van der Waals surface area contributed by atoms with E-state index in [1.165, 1.54) is 4.90 Å². The van der Waals surface area contributed by atoms with Crippen LogP contribution in [0.2, 0.25) is 0 Å². The van der Waals surface area contributed by atoms with Crippen LogP contribution in [0, 0.1) is 0 Å². The standard InChI is InChI=1S/C31H32N2O7/c1-5-39-23-15-16-24(25(18-23)40-6-2)29(36)27-28(20-9-13-21(14-10-20)32(3)4)33(31(38)30(27)37)22-11-7-19(8-12-22)17-26(34)35/h7-16,18,28,36H,5-6,17H2,1-4H3,(H,34,35)/b29-27-. The summed E-state index contributed by atoms with van der Waals surface area (Å²) < 4.78 is 11.3. The highest BCUT2D eigenvalue weighted by Crippen LogP contribution is 2.44. The first kappa shape index (κ1) is 28.2. The van der Waals surface area contributed by atoms with E-state index in [1.807, 2.05) is 50.2 Å². The second-order valence-corrected chi connectivity index (χ2v) is 9.42. The van der Waals surface area contributed by atoms with E-state index in [0.29, 0.717) is 41.5 Å². The zero-order valence-corrected chi connectivity index (χ0v) is 22.9. The minimum Gasteiger partial charge on any atom is -0.507 e. The molecule has 4 rings (SSSR count). The lowest BCUT2D eigenvalue weighted by atomic mass is 9.94. The lowest BCUT2D eigenvalue weighted by molar-refractivity contribution is -0.136. The van der Waals surface area contributed by atoms with Gasteiger partial charge in [0.15, 0.2) is 0 Å². The topological polar surface area (TPSA) is 117 Å². The summed E-state index contributed by atoms with van der Waals surface area (Å²) in [5.74, 6) is -2.13. The SMILES string of the molecule is CCOc1ccc(/C(O)=C2/C(=O)C(=O)N(c3ccc(CC(=O)O)cc3)C2c2ccc(N(C)C)cc2)c(OCC)c1. The van der Waals surface area contributed by atoms with Crippen molar-refractivity contribution in [2.24, 2.45) is 0 Å². The third-order valence-corrected chi connectivity index (χ3v) is 6.56. The number of carboxylic acid groups (broad SMARTS) is 1. The molecule has 1 heterocycles. The van der Waals surface area contributed by atoms with Gasteiger partial charge in [-0.2, -0.15) is 0 Å². The fourth-order valence-electron chi connectivity index (χ4n) is 4.69. The minimum absolute atomic E-state index is 0.0812. The molecule has 1 fully saturated rings. The molecule has 208 valence electrons. The van der Waals surface area contributed by atoms with Crippen LogP contribution >= 0.6 is 0 Å². The Morgan fingerprint density at radius 1 is 0.900 bits per heavy atom. The second kappa shape index (κ2) is 11.9. The van der Waals surface area contributed by atoms with E-state index >= 15 is 0 Å². The van der Waals surface area contributed by atoms with Gasteiger partial charge in [0.25, 0.3) is 11.7 Å².